The van der Waals surface area contributed by atoms with Crippen molar-refractivity contribution in [3.05, 3.63) is 30.3 Å². The number of nitrogens with two attached hydrogens (primary N) is 1. The molecular formula is C10H9NO3S. The first-order valence-corrected chi connectivity index (χ1v) is 5.32. The van der Waals surface area contributed by atoms with Crippen LogP contribution in [0.2, 0.25) is 0 Å². The normalized spacial score (nSPS) is 12.9. The predicted molar refractivity (Wildman–Crippen MR) is 59.1 cm³/mol. The Labute approximate surface area is 88.6 Å². The first-order valence-electron chi connectivity index (χ1n) is 4.21. The van der Waals surface area contributed by atoms with E-state index in [4.69, 9.17) is 10.3 Å². The molecule has 0 aliphatic rings. The van der Waals surface area contributed by atoms with Gasteiger partial charge in [-0.25, -0.2) is 4.21 Å². The molecule has 0 saturated carbocycles. The smallest absolute Gasteiger partial charge is 0.186 e. The molecule has 78 valence electrons. The summed E-state index contributed by atoms with van der Waals surface area (Å²) in [6.07, 6.45) is 0. The van der Waals surface area contributed by atoms with E-state index in [2.05, 4.69) is 0 Å². The summed E-state index contributed by atoms with van der Waals surface area (Å²) < 4.78 is 19.7. The molecule has 4 N–H and O–H groups in total. The lowest BCUT2D eigenvalue weighted by Gasteiger charge is -2.04. The van der Waals surface area contributed by atoms with Crippen LogP contribution < -0.4 is 5.73 Å². The average Bonchev–Trinajstić information content (AvgIpc) is 2.18. The van der Waals surface area contributed by atoms with E-state index in [1.165, 1.54) is 6.07 Å². The van der Waals surface area contributed by atoms with Gasteiger partial charge in [-0.1, -0.05) is 6.07 Å². The summed E-state index contributed by atoms with van der Waals surface area (Å²) >= 11 is -2.09. The summed E-state index contributed by atoms with van der Waals surface area (Å²) in [6, 6.07) is 7.80. The molecule has 5 heteroatoms. The fraction of sp³-hybridized carbons (Fsp3) is 0. The molecule has 0 fully saturated rings. The van der Waals surface area contributed by atoms with Gasteiger partial charge in [-0.2, -0.15) is 0 Å². The van der Waals surface area contributed by atoms with Crippen molar-refractivity contribution >= 4 is 27.5 Å². The van der Waals surface area contributed by atoms with Gasteiger partial charge in [-0.15, -0.1) is 0 Å². The van der Waals surface area contributed by atoms with Crippen molar-refractivity contribution in [2.24, 2.45) is 0 Å². The molecule has 0 aliphatic carbocycles. The van der Waals surface area contributed by atoms with Crippen LogP contribution in [0.5, 0.6) is 5.75 Å². The topological polar surface area (TPSA) is 83.6 Å². The summed E-state index contributed by atoms with van der Waals surface area (Å²) in [5.41, 5.74) is 6.11. The van der Waals surface area contributed by atoms with E-state index in [0.717, 1.165) is 0 Å². The fourth-order valence-electron chi connectivity index (χ4n) is 1.43. The van der Waals surface area contributed by atoms with Gasteiger partial charge in [0.2, 0.25) is 0 Å². The number of anilines is 1. The van der Waals surface area contributed by atoms with E-state index in [9.17, 15) is 9.32 Å². The fourth-order valence-corrected chi connectivity index (χ4v) is 1.87. The van der Waals surface area contributed by atoms with Crippen LogP contribution in [0.3, 0.4) is 0 Å². The molecule has 0 saturated heterocycles. The second kappa shape index (κ2) is 3.52. The lowest BCUT2D eigenvalue weighted by molar-refractivity contribution is 0.479. The zero-order valence-electron chi connectivity index (χ0n) is 7.68. The maximum atomic E-state index is 10.8. The maximum absolute atomic E-state index is 10.8. The van der Waals surface area contributed by atoms with Crippen molar-refractivity contribution < 1.29 is 13.9 Å². The highest BCUT2D eigenvalue weighted by atomic mass is 32.2. The third kappa shape index (κ3) is 1.79. The number of phenolic OH excluding ortho intramolecular Hbond substituents is 1. The van der Waals surface area contributed by atoms with Gasteiger partial charge in [-0.05, 0) is 29.7 Å². The molecule has 0 heterocycles. The van der Waals surface area contributed by atoms with Crippen LogP contribution in [0, 0.1) is 0 Å². The van der Waals surface area contributed by atoms with Crippen molar-refractivity contribution in [1.29, 1.82) is 0 Å². The highest BCUT2D eigenvalue weighted by molar-refractivity contribution is 7.79. The number of hydrogen-bond acceptors (Lipinski definition) is 3. The van der Waals surface area contributed by atoms with Gasteiger partial charge in [0.05, 0.1) is 4.90 Å². The van der Waals surface area contributed by atoms with Gasteiger partial charge >= 0.3 is 0 Å². The average molecular weight is 223 g/mol. The van der Waals surface area contributed by atoms with Gasteiger partial charge in [-0.3, -0.25) is 0 Å². The Hall–Kier alpha value is -1.59. The maximum Gasteiger partial charge on any atom is 0.186 e. The Kier molecular flexibility index (Phi) is 2.34. The number of hydrogen-bond donors (Lipinski definition) is 3. The van der Waals surface area contributed by atoms with Gasteiger partial charge in [0.25, 0.3) is 0 Å². The van der Waals surface area contributed by atoms with Gasteiger partial charge in [0, 0.05) is 11.1 Å². The molecule has 0 aliphatic heterocycles. The lowest BCUT2D eigenvalue weighted by atomic mass is 10.1. The van der Waals surface area contributed by atoms with Crippen LogP contribution >= 0.6 is 0 Å². The van der Waals surface area contributed by atoms with Crippen molar-refractivity contribution in [2.45, 2.75) is 4.90 Å². The first-order chi connectivity index (χ1) is 7.08. The Balaban J connectivity index is 2.78. The standard InChI is InChI=1S/C10H9NO3S/c11-7-2-1-6-3-8(15(13)14)5-10(12)9(6)4-7/h1-5,12H,11H2,(H,13,14). The van der Waals surface area contributed by atoms with E-state index in [1.807, 2.05) is 0 Å². The molecule has 0 radical (unpaired) electrons. The van der Waals surface area contributed by atoms with Crippen LogP contribution in [0.25, 0.3) is 10.8 Å². The lowest BCUT2D eigenvalue weighted by Crippen LogP contribution is -1.89. The molecule has 2 aromatic carbocycles. The van der Waals surface area contributed by atoms with E-state index in [-0.39, 0.29) is 10.6 Å². The Morgan fingerprint density at radius 2 is 1.93 bits per heavy atom. The molecule has 0 spiro atoms. The quantitative estimate of drug-likeness (QED) is 0.507. The van der Waals surface area contributed by atoms with Crippen molar-refractivity contribution in [1.82, 2.24) is 0 Å². The first kappa shape index (κ1) is 9.95. The molecule has 4 nitrogen and oxygen atoms in total. The molecule has 1 atom stereocenters. The SMILES string of the molecule is Nc1ccc2cc(S(=O)O)cc(O)c2c1. The van der Waals surface area contributed by atoms with Gasteiger partial charge < -0.3 is 15.4 Å². The Bertz CT molecular complexity index is 554. The summed E-state index contributed by atoms with van der Waals surface area (Å²) in [5.74, 6) is -0.0443. The molecule has 15 heavy (non-hydrogen) atoms. The minimum absolute atomic E-state index is 0.0443. The number of aromatic hydroxyl groups is 1. The van der Waals surface area contributed by atoms with E-state index >= 15 is 0 Å². The number of rotatable bonds is 1. The zero-order valence-corrected chi connectivity index (χ0v) is 8.49. The van der Waals surface area contributed by atoms with Crippen LogP contribution in [0.4, 0.5) is 5.69 Å². The van der Waals surface area contributed by atoms with Gasteiger partial charge in [0.15, 0.2) is 11.1 Å². The monoisotopic (exact) mass is 223 g/mol. The van der Waals surface area contributed by atoms with Crippen molar-refractivity contribution in [3.8, 4) is 5.75 Å². The Morgan fingerprint density at radius 3 is 2.60 bits per heavy atom. The summed E-state index contributed by atoms with van der Waals surface area (Å²) in [4.78, 5) is 0.171. The Morgan fingerprint density at radius 1 is 1.20 bits per heavy atom. The van der Waals surface area contributed by atoms with Crippen LogP contribution in [-0.4, -0.2) is 13.9 Å². The molecule has 0 amide bonds. The minimum atomic E-state index is -2.09. The predicted octanol–water partition coefficient (Wildman–Crippen LogP) is 1.71. The second-order valence-corrected chi connectivity index (χ2v) is 4.14. The highest BCUT2D eigenvalue weighted by Gasteiger charge is 2.06. The van der Waals surface area contributed by atoms with Crippen LogP contribution in [0.15, 0.2) is 35.2 Å². The summed E-state index contributed by atoms with van der Waals surface area (Å²) in [7, 11) is 0. The summed E-state index contributed by atoms with van der Waals surface area (Å²) in [5, 5.41) is 10.9. The largest absolute Gasteiger partial charge is 0.507 e. The second-order valence-electron chi connectivity index (χ2n) is 3.17. The number of phenols is 1. The minimum Gasteiger partial charge on any atom is -0.507 e. The van der Waals surface area contributed by atoms with Gasteiger partial charge in [0.1, 0.15) is 5.75 Å². The zero-order chi connectivity index (χ0) is 11.0. The van der Waals surface area contributed by atoms with E-state index in [1.54, 1.807) is 24.3 Å². The molecule has 0 bridgehead atoms. The third-order valence-electron chi connectivity index (χ3n) is 2.13. The van der Waals surface area contributed by atoms with Crippen LogP contribution in [-0.2, 0) is 11.1 Å². The third-order valence-corrected chi connectivity index (χ3v) is 2.77. The van der Waals surface area contributed by atoms with Crippen LogP contribution in [0.1, 0.15) is 0 Å². The number of nitrogen functional groups attached to an aromatic ring is 1. The molecule has 1 unspecified atom stereocenters. The van der Waals surface area contributed by atoms with Crippen molar-refractivity contribution in [3.63, 3.8) is 0 Å². The number of fused-ring (bicyclic) bond motifs is 1. The molecule has 0 aromatic heterocycles. The molecular weight excluding hydrogens is 214 g/mol. The summed E-state index contributed by atoms with van der Waals surface area (Å²) in [6.45, 7) is 0. The van der Waals surface area contributed by atoms with Crippen molar-refractivity contribution in [2.75, 3.05) is 5.73 Å². The van der Waals surface area contributed by atoms with E-state index in [0.29, 0.717) is 16.5 Å². The number of benzene rings is 2. The molecule has 2 aromatic rings. The van der Waals surface area contributed by atoms with E-state index < -0.39 is 11.1 Å². The highest BCUT2D eigenvalue weighted by Crippen LogP contribution is 2.29. The molecule has 2 rings (SSSR count).